The first kappa shape index (κ1) is 14.8. The van der Waals surface area contributed by atoms with Gasteiger partial charge in [-0.1, -0.05) is 27.7 Å². The molecule has 0 aliphatic carbocycles. The number of Topliss-reactive ketones (excluding diaryl/α,β-unsaturated/α-hetero) is 1. The van der Waals surface area contributed by atoms with E-state index in [1.54, 1.807) is 12.3 Å². The number of ketones is 1. The molecule has 1 aromatic carbocycles. The molecule has 0 radical (unpaired) electrons. The summed E-state index contributed by atoms with van der Waals surface area (Å²) in [5.41, 5.74) is 1.57. The minimum atomic E-state index is -0.292. The molecule has 2 aromatic rings. The van der Waals surface area contributed by atoms with Crippen molar-refractivity contribution in [3.8, 4) is 0 Å². The molecule has 1 aromatic heterocycles. The molecule has 0 saturated heterocycles. The standard InChI is InChI=1S/C17H22FNO/c1-11(9-17(2,3)4)7-16(20)14-10-19-15-8-12(18)5-6-13(14)15/h5-6,8,10-11,19H,7,9H2,1-4H3. The van der Waals surface area contributed by atoms with Crippen molar-refractivity contribution in [1.82, 2.24) is 4.98 Å². The maximum Gasteiger partial charge on any atom is 0.165 e. The van der Waals surface area contributed by atoms with Crippen LogP contribution in [0.25, 0.3) is 10.9 Å². The van der Waals surface area contributed by atoms with Gasteiger partial charge in [0.15, 0.2) is 5.78 Å². The number of nitrogens with one attached hydrogen (secondary N) is 1. The van der Waals surface area contributed by atoms with E-state index in [0.29, 0.717) is 23.4 Å². The Morgan fingerprint density at radius 2 is 2.05 bits per heavy atom. The van der Waals surface area contributed by atoms with Crippen LogP contribution in [0.2, 0.25) is 0 Å². The summed E-state index contributed by atoms with van der Waals surface area (Å²) in [4.78, 5) is 15.4. The fourth-order valence-electron chi connectivity index (χ4n) is 2.87. The molecular formula is C17H22FNO. The predicted molar refractivity (Wildman–Crippen MR) is 80.4 cm³/mol. The first-order chi connectivity index (χ1) is 9.26. The molecule has 0 spiro atoms. The molecule has 0 saturated carbocycles. The number of carbonyl (C=O) groups is 1. The molecule has 1 unspecified atom stereocenters. The van der Waals surface area contributed by atoms with Gasteiger partial charge in [0.1, 0.15) is 5.82 Å². The van der Waals surface area contributed by atoms with Gasteiger partial charge in [0.2, 0.25) is 0 Å². The fourth-order valence-corrected chi connectivity index (χ4v) is 2.87. The number of carbonyl (C=O) groups excluding carboxylic acids is 1. The van der Waals surface area contributed by atoms with Gasteiger partial charge in [-0.3, -0.25) is 4.79 Å². The molecule has 0 aliphatic rings. The van der Waals surface area contributed by atoms with Crippen LogP contribution in [0.1, 0.15) is 50.9 Å². The highest BCUT2D eigenvalue weighted by Gasteiger charge is 2.20. The van der Waals surface area contributed by atoms with E-state index in [9.17, 15) is 9.18 Å². The van der Waals surface area contributed by atoms with Gasteiger partial charge in [-0.25, -0.2) is 4.39 Å². The maximum absolute atomic E-state index is 13.1. The molecule has 0 bridgehead atoms. The molecule has 20 heavy (non-hydrogen) atoms. The molecule has 1 heterocycles. The van der Waals surface area contributed by atoms with Crippen molar-refractivity contribution in [2.24, 2.45) is 11.3 Å². The van der Waals surface area contributed by atoms with Crippen LogP contribution in [0.4, 0.5) is 4.39 Å². The van der Waals surface area contributed by atoms with Crippen molar-refractivity contribution in [2.75, 3.05) is 0 Å². The number of aromatic amines is 1. The smallest absolute Gasteiger partial charge is 0.165 e. The average Bonchev–Trinajstić information content (AvgIpc) is 2.68. The van der Waals surface area contributed by atoms with Crippen molar-refractivity contribution >= 4 is 16.7 Å². The summed E-state index contributed by atoms with van der Waals surface area (Å²) in [5.74, 6) is 0.173. The van der Waals surface area contributed by atoms with E-state index in [-0.39, 0.29) is 17.0 Å². The Labute approximate surface area is 119 Å². The lowest BCUT2D eigenvalue weighted by Gasteiger charge is -2.22. The minimum absolute atomic E-state index is 0.125. The van der Waals surface area contributed by atoms with Crippen molar-refractivity contribution in [2.45, 2.75) is 40.5 Å². The number of hydrogen-bond acceptors (Lipinski definition) is 1. The highest BCUT2D eigenvalue weighted by molar-refractivity contribution is 6.07. The zero-order valence-electron chi connectivity index (χ0n) is 12.6. The Hall–Kier alpha value is -1.64. The quantitative estimate of drug-likeness (QED) is 0.787. The van der Waals surface area contributed by atoms with Gasteiger partial charge in [-0.2, -0.15) is 0 Å². The minimum Gasteiger partial charge on any atom is -0.360 e. The van der Waals surface area contributed by atoms with Gasteiger partial charge in [-0.15, -0.1) is 0 Å². The van der Waals surface area contributed by atoms with Crippen molar-refractivity contribution in [1.29, 1.82) is 0 Å². The number of fused-ring (bicyclic) bond motifs is 1. The van der Waals surface area contributed by atoms with E-state index < -0.39 is 0 Å². The summed E-state index contributed by atoms with van der Waals surface area (Å²) >= 11 is 0. The van der Waals surface area contributed by atoms with Crippen LogP contribution in [0, 0.1) is 17.2 Å². The third-order valence-electron chi connectivity index (χ3n) is 3.44. The third-order valence-corrected chi connectivity index (χ3v) is 3.44. The molecule has 3 heteroatoms. The lowest BCUT2D eigenvalue weighted by atomic mass is 9.83. The lowest BCUT2D eigenvalue weighted by Crippen LogP contribution is -2.14. The van der Waals surface area contributed by atoms with Crippen molar-refractivity contribution < 1.29 is 9.18 Å². The van der Waals surface area contributed by atoms with Crippen molar-refractivity contribution in [3.63, 3.8) is 0 Å². The molecule has 2 rings (SSSR count). The van der Waals surface area contributed by atoms with Crippen LogP contribution < -0.4 is 0 Å². The summed E-state index contributed by atoms with van der Waals surface area (Å²) < 4.78 is 13.1. The molecule has 0 fully saturated rings. The maximum atomic E-state index is 13.1. The fraction of sp³-hybridized carbons (Fsp3) is 0.471. The number of aromatic nitrogens is 1. The Balaban J connectivity index is 2.16. The number of hydrogen-bond donors (Lipinski definition) is 1. The average molecular weight is 275 g/mol. The molecule has 108 valence electrons. The van der Waals surface area contributed by atoms with E-state index in [1.165, 1.54) is 12.1 Å². The van der Waals surface area contributed by atoms with E-state index in [4.69, 9.17) is 0 Å². The molecule has 1 N–H and O–H groups in total. The first-order valence-corrected chi connectivity index (χ1v) is 7.06. The number of H-pyrrole nitrogens is 1. The Kier molecular flexibility index (Phi) is 3.98. The molecule has 2 nitrogen and oxygen atoms in total. The zero-order chi connectivity index (χ0) is 14.9. The number of benzene rings is 1. The third kappa shape index (κ3) is 3.47. The van der Waals surface area contributed by atoms with Gasteiger partial charge in [0, 0.05) is 29.1 Å². The molecular weight excluding hydrogens is 253 g/mol. The highest BCUT2D eigenvalue weighted by atomic mass is 19.1. The summed E-state index contributed by atoms with van der Waals surface area (Å²) in [5, 5.41) is 0.805. The van der Waals surface area contributed by atoms with Gasteiger partial charge in [-0.05, 0) is 36.0 Å². The van der Waals surface area contributed by atoms with Crippen molar-refractivity contribution in [3.05, 3.63) is 35.8 Å². The van der Waals surface area contributed by atoms with Gasteiger partial charge in [0.05, 0.1) is 0 Å². The summed E-state index contributed by atoms with van der Waals surface area (Å²) in [6, 6.07) is 4.49. The van der Waals surface area contributed by atoms with E-state index in [2.05, 4.69) is 32.7 Å². The summed E-state index contributed by atoms with van der Waals surface area (Å²) in [6.07, 6.45) is 3.23. The van der Waals surface area contributed by atoms with E-state index >= 15 is 0 Å². The zero-order valence-corrected chi connectivity index (χ0v) is 12.6. The monoisotopic (exact) mass is 275 g/mol. The molecule has 0 amide bonds. The van der Waals surface area contributed by atoms with Gasteiger partial charge < -0.3 is 4.98 Å². The van der Waals surface area contributed by atoms with Gasteiger partial charge in [0.25, 0.3) is 0 Å². The van der Waals surface area contributed by atoms with E-state index in [0.717, 1.165) is 11.8 Å². The van der Waals surface area contributed by atoms with Crippen LogP contribution in [0.5, 0.6) is 0 Å². The highest BCUT2D eigenvalue weighted by Crippen LogP contribution is 2.28. The summed E-state index contributed by atoms with van der Waals surface area (Å²) in [7, 11) is 0. The topological polar surface area (TPSA) is 32.9 Å². The largest absolute Gasteiger partial charge is 0.360 e. The van der Waals surface area contributed by atoms with Gasteiger partial charge >= 0.3 is 0 Å². The first-order valence-electron chi connectivity index (χ1n) is 7.06. The van der Waals surface area contributed by atoms with Crippen LogP contribution in [0.15, 0.2) is 24.4 Å². The second kappa shape index (κ2) is 5.39. The number of rotatable bonds is 4. The molecule has 0 aliphatic heterocycles. The Morgan fingerprint density at radius 1 is 1.35 bits per heavy atom. The Morgan fingerprint density at radius 3 is 2.70 bits per heavy atom. The van der Waals surface area contributed by atoms with Crippen LogP contribution >= 0.6 is 0 Å². The van der Waals surface area contributed by atoms with Crippen LogP contribution in [0.3, 0.4) is 0 Å². The summed E-state index contributed by atoms with van der Waals surface area (Å²) in [6.45, 7) is 8.66. The Bertz CT molecular complexity index is 621. The second-order valence-electron chi connectivity index (χ2n) is 6.89. The van der Waals surface area contributed by atoms with E-state index in [1.807, 2.05) is 0 Å². The van der Waals surface area contributed by atoms with Crippen LogP contribution in [-0.2, 0) is 0 Å². The normalized spacial score (nSPS) is 13.7. The lowest BCUT2D eigenvalue weighted by molar-refractivity contribution is 0.0956. The van der Waals surface area contributed by atoms with Crippen LogP contribution in [-0.4, -0.2) is 10.8 Å². The number of halogens is 1. The molecule has 1 atom stereocenters. The second-order valence-corrected chi connectivity index (χ2v) is 6.89. The SMILES string of the molecule is CC(CC(=O)c1c[nH]c2cc(F)ccc12)CC(C)(C)C. The predicted octanol–water partition coefficient (Wildman–Crippen LogP) is 4.95.